The Morgan fingerprint density at radius 2 is 2.19 bits per heavy atom. The van der Waals surface area contributed by atoms with Gasteiger partial charge in [0.15, 0.2) is 11.5 Å². The van der Waals surface area contributed by atoms with Crippen LogP contribution < -0.4 is 0 Å². The molecule has 138 valence electrons. The molecule has 0 bridgehead atoms. The number of benzene rings is 1. The molecule has 0 radical (unpaired) electrons. The normalized spacial score (nSPS) is 20.3. The lowest BCUT2D eigenvalue weighted by Gasteiger charge is -2.35. The smallest absolute Gasteiger partial charge is 0.307 e. The van der Waals surface area contributed by atoms with Gasteiger partial charge in [0, 0.05) is 18.0 Å². The van der Waals surface area contributed by atoms with Crippen LogP contribution in [0.15, 0.2) is 22.6 Å². The van der Waals surface area contributed by atoms with Crippen LogP contribution in [0.2, 0.25) is 0 Å². The SMILES string of the molecule is CCOC(=O)CC1COCCN1C(=O)c1ccc2nc(C3CC3)oc2c1. The minimum Gasteiger partial charge on any atom is -0.466 e. The highest BCUT2D eigenvalue weighted by atomic mass is 16.5. The number of hydrogen-bond acceptors (Lipinski definition) is 6. The van der Waals surface area contributed by atoms with Gasteiger partial charge in [-0.1, -0.05) is 0 Å². The van der Waals surface area contributed by atoms with Gasteiger partial charge in [0.25, 0.3) is 5.91 Å². The van der Waals surface area contributed by atoms with Gasteiger partial charge in [-0.25, -0.2) is 4.98 Å². The summed E-state index contributed by atoms with van der Waals surface area (Å²) in [7, 11) is 0. The molecular formula is C19H22N2O5. The second-order valence-corrected chi connectivity index (χ2v) is 6.75. The maximum Gasteiger partial charge on any atom is 0.307 e. The number of aromatic nitrogens is 1. The number of fused-ring (bicyclic) bond motifs is 1. The van der Waals surface area contributed by atoms with Gasteiger partial charge in [0.1, 0.15) is 5.52 Å². The molecule has 4 rings (SSSR count). The summed E-state index contributed by atoms with van der Waals surface area (Å²) in [6.45, 7) is 3.33. The van der Waals surface area contributed by atoms with Crippen LogP contribution in [-0.4, -0.2) is 54.2 Å². The van der Waals surface area contributed by atoms with Crippen molar-refractivity contribution >= 4 is 23.0 Å². The Bertz CT molecular complexity index is 826. The first-order valence-electron chi connectivity index (χ1n) is 9.10. The number of nitrogens with zero attached hydrogens (tertiary/aromatic N) is 2. The summed E-state index contributed by atoms with van der Waals surface area (Å²) in [5.41, 5.74) is 1.94. The largest absolute Gasteiger partial charge is 0.466 e. The number of esters is 1. The second kappa shape index (κ2) is 7.07. The predicted octanol–water partition coefficient (Wildman–Crippen LogP) is 2.50. The van der Waals surface area contributed by atoms with Crippen LogP contribution in [0.25, 0.3) is 11.1 Å². The number of carbonyl (C=O) groups excluding carboxylic acids is 2. The summed E-state index contributed by atoms with van der Waals surface area (Å²) in [6.07, 6.45) is 2.36. The van der Waals surface area contributed by atoms with Crippen molar-refractivity contribution in [2.45, 2.75) is 38.1 Å². The molecule has 1 atom stereocenters. The molecule has 1 saturated heterocycles. The summed E-state index contributed by atoms with van der Waals surface area (Å²) in [5, 5.41) is 0. The van der Waals surface area contributed by atoms with E-state index >= 15 is 0 Å². The van der Waals surface area contributed by atoms with Crippen molar-refractivity contribution in [2.75, 3.05) is 26.4 Å². The van der Waals surface area contributed by atoms with E-state index in [1.54, 1.807) is 24.0 Å². The molecule has 2 aliphatic rings. The first-order chi connectivity index (χ1) is 12.7. The molecule has 1 aromatic heterocycles. The lowest BCUT2D eigenvalue weighted by molar-refractivity contribution is -0.145. The molecule has 1 aliphatic heterocycles. The zero-order chi connectivity index (χ0) is 18.1. The van der Waals surface area contributed by atoms with Gasteiger partial charge in [-0.2, -0.15) is 0 Å². The number of oxazole rings is 1. The van der Waals surface area contributed by atoms with Crippen molar-refractivity contribution in [2.24, 2.45) is 0 Å². The standard InChI is InChI=1S/C19H22N2O5/c1-2-25-17(22)10-14-11-24-8-7-21(14)19(23)13-5-6-15-16(9-13)26-18(20-15)12-3-4-12/h5-6,9,12,14H,2-4,7-8,10-11H2,1H3. The molecule has 7 nitrogen and oxygen atoms in total. The number of ether oxygens (including phenoxy) is 2. The van der Waals surface area contributed by atoms with Gasteiger partial charge in [-0.05, 0) is 38.0 Å². The van der Waals surface area contributed by atoms with Crippen molar-refractivity contribution in [1.82, 2.24) is 9.88 Å². The van der Waals surface area contributed by atoms with Crippen LogP contribution in [0.1, 0.15) is 48.4 Å². The van der Waals surface area contributed by atoms with E-state index in [-0.39, 0.29) is 24.3 Å². The molecule has 26 heavy (non-hydrogen) atoms. The molecular weight excluding hydrogens is 336 g/mol. The number of morpholine rings is 1. The van der Waals surface area contributed by atoms with E-state index in [1.807, 2.05) is 6.07 Å². The predicted molar refractivity (Wildman–Crippen MR) is 92.9 cm³/mol. The lowest BCUT2D eigenvalue weighted by atomic mass is 10.1. The van der Waals surface area contributed by atoms with Crippen LogP contribution in [0.4, 0.5) is 0 Å². The molecule has 2 heterocycles. The van der Waals surface area contributed by atoms with E-state index in [1.165, 1.54) is 0 Å². The average Bonchev–Trinajstić information content (AvgIpc) is 3.40. The van der Waals surface area contributed by atoms with Crippen molar-refractivity contribution in [3.05, 3.63) is 29.7 Å². The van der Waals surface area contributed by atoms with E-state index in [0.29, 0.717) is 43.4 Å². The monoisotopic (exact) mass is 358 g/mol. The fourth-order valence-corrected chi connectivity index (χ4v) is 3.25. The Labute approximate surface area is 151 Å². The molecule has 0 spiro atoms. The minimum absolute atomic E-state index is 0.131. The first kappa shape index (κ1) is 17.0. The van der Waals surface area contributed by atoms with Crippen LogP contribution in [0.5, 0.6) is 0 Å². The Morgan fingerprint density at radius 1 is 1.35 bits per heavy atom. The third-order valence-electron chi connectivity index (χ3n) is 4.77. The van der Waals surface area contributed by atoms with E-state index in [9.17, 15) is 9.59 Å². The maximum atomic E-state index is 13.0. The van der Waals surface area contributed by atoms with Gasteiger partial charge < -0.3 is 18.8 Å². The molecule has 1 saturated carbocycles. The number of carbonyl (C=O) groups is 2. The fourth-order valence-electron chi connectivity index (χ4n) is 3.25. The molecule has 2 aromatic rings. The topological polar surface area (TPSA) is 81.9 Å². The van der Waals surface area contributed by atoms with Gasteiger partial charge in [0.05, 0.1) is 32.3 Å². The Morgan fingerprint density at radius 3 is 2.96 bits per heavy atom. The summed E-state index contributed by atoms with van der Waals surface area (Å²) in [5.74, 6) is 0.736. The average molecular weight is 358 g/mol. The van der Waals surface area contributed by atoms with Gasteiger partial charge in [0.2, 0.25) is 0 Å². The third-order valence-corrected chi connectivity index (χ3v) is 4.77. The summed E-state index contributed by atoms with van der Waals surface area (Å²) in [6, 6.07) is 5.01. The van der Waals surface area contributed by atoms with E-state index < -0.39 is 0 Å². The molecule has 0 N–H and O–H groups in total. The zero-order valence-electron chi connectivity index (χ0n) is 14.8. The highest BCUT2D eigenvalue weighted by Gasteiger charge is 2.31. The van der Waals surface area contributed by atoms with Crippen molar-refractivity contribution in [3.8, 4) is 0 Å². The van der Waals surface area contributed by atoms with Crippen molar-refractivity contribution in [1.29, 1.82) is 0 Å². The number of amides is 1. The number of rotatable bonds is 5. The number of hydrogen-bond donors (Lipinski definition) is 0. The lowest BCUT2D eigenvalue weighted by Crippen LogP contribution is -2.49. The van der Waals surface area contributed by atoms with Crippen molar-refractivity contribution in [3.63, 3.8) is 0 Å². The second-order valence-electron chi connectivity index (χ2n) is 6.75. The summed E-state index contributed by atoms with van der Waals surface area (Å²) < 4.78 is 16.3. The highest BCUT2D eigenvalue weighted by Crippen LogP contribution is 2.40. The minimum atomic E-state index is -0.319. The van der Waals surface area contributed by atoms with Crippen LogP contribution in [0.3, 0.4) is 0 Å². The van der Waals surface area contributed by atoms with Gasteiger partial charge >= 0.3 is 5.97 Å². The molecule has 1 aromatic carbocycles. The quantitative estimate of drug-likeness (QED) is 0.764. The Balaban J connectivity index is 1.54. The van der Waals surface area contributed by atoms with Gasteiger partial charge in [-0.15, -0.1) is 0 Å². The summed E-state index contributed by atoms with van der Waals surface area (Å²) >= 11 is 0. The Kier molecular flexibility index (Phi) is 4.63. The molecule has 7 heteroatoms. The third kappa shape index (κ3) is 3.44. The van der Waals surface area contributed by atoms with Crippen LogP contribution in [-0.2, 0) is 14.3 Å². The van der Waals surface area contributed by atoms with E-state index in [2.05, 4.69) is 4.98 Å². The van der Waals surface area contributed by atoms with Gasteiger partial charge in [-0.3, -0.25) is 9.59 Å². The maximum absolute atomic E-state index is 13.0. The molecule has 1 amide bonds. The first-order valence-corrected chi connectivity index (χ1v) is 9.10. The zero-order valence-corrected chi connectivity index (χ0v) is 14.8. The Hall–Kier alpha value is -2.41. The summed E-state index contributed by atoms with van der Waals surface area (Å²) in [4.78, 5) is 31.0. The van der Waals surface area contributed by atoms with E-state index in [4.69, 9.17) is 13.9 Å². The molecule has 1 aliphatic carbocycles. The highest BCUT2D eigenvalue weighted by molar-refractivity contribution is 5.97. The van der Waals surface area contributed by atoms with E-state index in [0.717, 1.165) is 24.2 Å². The fraction of sp³-hybridized carbons (Fsp3) is 0.526. The van der Waals surface area contributed by atoms with Crippen LogP contribution >= 0.6 is 0 Å². The van der Waals surface area contributed by atoms with Crippen molar-refractivity contribution < 1.29 is 23.5 Å². The molecule has 2 fully saturated rings. The molecule has 1 unspecified atom stereocenters. The van der Waals surface area contributed by atoms with Crippen LogP contribution in [0, 0.1) is 0 Å².